The fourth-order valence-corrected chi connectivity index (χ4v) is 5.03. The summed E-state index contributed by atoms with van der Waals surface area (Å²) in [4.78, 5) is 29.0. The SMILES string of the molecule is Cc1c(Cl)cccc1NC(=O)Nc1ccc2nc(SCC(=O)Nc3ccccc3F)sc2c1. The highest BCUT2D eigenvalue weighted by molar-refractivity contribution is 8.01. The second-order valence-electron chi connectivity index (χ2n) is 6.97. The predicted molar refractivity (Wildman–Crippen MR) is 134 cm³/mol. The first kappa shape index (κ1) is 23.0. The number of carbonyl (C=O) groups excluding carboxylic acids is 2. The smallest absolute Gasteiger partial charge is 0.323 e. The molecule has 168 valence electrons. The second-order valence-corrected chi connectivity index (χ2v) is 9.63. The van der Waals surface area contributed by atoms with Crippen molar-refractivity contribution in [3.63, 3.8) is 0 Å². The first-order valence-corrected chi connectivity index (χ1v) is 12.0. The highest BCUT2D eigenvalue weighted by Gasteiger charge is 2.12. The van der Waals surface area contributed by atoms with Gasteiger partial charge in [0.1, 0.15) is 5.82 Å². The Hall–Kier alpha value is -3.14. The summed E-state index contributed by atoms with van der Waals surface area (Å²) in [5.74, 6) is -0.703. The molecule has 6 nitrogen and oxygen atoms in total. The molecule has 0 radical (unpaired) electrons. The topological polar surface area (TPSA) is 83.1 Å². The van der Waals surface area contributed by atoms with E-state index < -0.39 is 5.82 Å². The van der Waals surface area contributed by atoms with E-state index in [1.54, 1.807) is 42.5 Å². The number of carbonyl (C=O) groups is 2. The number of rotatable bonds is 6. The number of nitrogens with one attached hydrogen (secondary N) is 3. The number of nitrogens with zero attached hydrogens (tertiary/aromatic N) is 1. The molecule has 1 aromatic heterocycles. The summed E-state index contributed by atoms with van der Waals surface area (Å²) < 4.78 is 15.2. The zero-order valence-electron chi connectivity index (χ0n) is 17.3. The zero-order chi connectivity index (χ0) is 23.4. The molecule has 3 aromatic carbocycles. The van der Waals surface area contributed by atoms with Gasteiger partial charge in [-0.25, -0.2) is 14.2 Å². The second kappa shape index (κ2) is 10.2. The van der Waals surface area contributed by atoms with Crippen molar-refractivity contribution >= 4 is 73.9 Å². The van der Waals surface area contributed by atoms with Crippen LogP contribution in [-0.4, -0.2) is 22.7 Å². The average molecular weight is 501 g/mol. The largest absolute Gasteiger partial charge is 0.323 e. The molecule has 1 heterocycles. The Labute approximate surface area is 202 Å². The molecule has 0 unspecified atom stereocenters. The van der Waals surface area contributed by atoms with Gasteiger partial charge in [-0.2, -0.15) is 0 Å². The molecule has 10 heteroatoms. The van der Waals surface area contributed by atoms with Gasteiger partial charge in [-0.05, 0) is 55.0 Å². The van der Waals surface area contributed by atoms with Crippen LogP contribution in [-0.2, 0) is 4.79 Å². The first-order valence-electron chi connectivity index (χ1n) is 9.80. The zero-order valence-corrected chi connectivity index (χ0v) is 19.7. The summed E-state index contributed by atoms with van der Waals surface area (Å²) in [5.41, 5.74) is 2.93. The summed E-state index contributed by atoms with van der Waals surface area (Å²) in [6.07, 6.45) is 0. The van der Waals surface area contributed by atoms with Gasteiger partial charge >= 0.3 is 6.03 Å². The van der Waals surface area contributed by atoms with Crippen molar-refractivity contribution in [2.24, 2.45) is 0 Å². The molecule has 0 aliphatic heterocycles. The van der Waals surface area contributed by atoms with Gasteiger partial charge in [-0.15, -0.1) is 11.3 Å². The lowest BCUT2D eigenvalue weighted by atomic mass is 10.2. The van der Waals surface area contributed by atoms with Gasteiger partial charge in [0.05, 0.1) is 21.7 Å². The van der Waals surface area contributed by atoms with Crippen molar-refractivity contribution in [3.8, 4) is 0 Å². The van der Waals surface area contributed by atoms with Crippen molar-refractivity contribution in [3.05, 3.63) is 77.1 Å². The fraction of sp³-hybridized carbons (Fsp3) is 0.0870. The van der Waals surface area contributed by atoms with Crippen molar-refractivity contribution in [1.82, 2.24) is 4.98 Å². The number of hydrogen-bond donors (Lipinski definition) is 3. The molecule has 0 aliphatic carbocycles. The summed E-state index contributed by atoms with van der Waals surface area (Å²) in [5, 5.41) is 8.72. The number of hydrogen-bond acceptors (Lipinski definition) is 5. The van der Waals surface area contributed by atoms with Gasteiger partial charge < -0.3 is 16.0 Å². The van der Waals surface area contributed by atoms with E-state index in [0.717, 1.165) is 15.8 Å². The van der Waals surface area contributed by atoms with E-state index >= 15 is 0 Å². The van der Waals surface area contributed by atoms with E-state index in [2.05, 4.69) is 20.9 Å². The standard InChI is InChI=1S/C23H18ClFN4O2S2/c1-13-15(24)5-4-8-17(13)28-22(31)26-14-9-10-19-20(11-14)33-23(29-19)32-12-21(30)27-18-7-3-2-6-16(18)25/h2-11H,12H2,1H3,(H,27,30)(H2,26,28,31). The minimum Gasteiger partial charge on any atom is -0.323 e. The molecule has 4 rings (SSSR count). The third kappa shape index (κ3) is 5.81. The third-order valence-corrected chi connectivity index (χ3v) is 7.19. The van der Waals surface area contributed by atoms with Crippen LogP contribution < -0.4 is 16.0 Å². The normalized spacial score (nSPS) is 10.8. The number of thioether (sulfide) groups is 1. The van der Waals surface area contributed by atoms with Crippen molar-refractivity contribution in [1.29, 1.82) is 0 Å². The number of urea groups is 1. The number of amides is 3. The van der Waals surface area contributed by atoms with Crippen molar-refractivity contribution in [2.45, 2.75) is 11.3 Å². The maximum atomic E-state index is 13.7. The van der Waals surface area contributed by atoms with Gasteiger partial charge in [-0.1, -0.05) is 41.6 Å². The number of benzene rings is 3. The number of para-hydroxylation sites is 1. The molecular weight excluding hydrogens is 483 g/mol. The molecule has 0 fully saturated rings. The maximum absolute atomic E-state index is 13.7. The van der Waals surface area contributed by atoms with Crippen LogP contribution in [0.25, 0.3) is 10.2 Å². The highest BCUT2D eigenvalue weighted by atomic mass is 35.5. The van der Waals surface area contributed by atoms with E-state index in [9.17, 15) is 14.0 Å². The summed E-state index contributed by atoms with van der Waals surface area (Å²) >= 11 is 8.77. The Morgan fingerprint density at radius 1 is 1.03 bits per heavy atom. The minimum atomic E-state index is -0.481. The van der Waals surface area contributed by atoms with Gasteiger partial charge in [0.25, 0.3) is 0 Å². The molecule has 33 heavy (non-hydrogen) atoms. The Balaban J connectivity index is 1.37. The number of thiazole rings is 1. The Morgan fingerprint density at radius 3 is 2.64 bits per heavy atom. The van der Waals surface area contributed by atoms with Crippen molar-refractivity contribution in [2.75, 3.05) is 21.7 Å². The predicted octanol–water partition coefficient (Wildman–Crippen LogP) is 6.77. The Bertz CT molecular complexity index is 1350. The highest BCUT2D eigenvalue weighted by Crippen LogP contribution is 2.31. The number of aromatic nitrogens is 1. The van der Waals surface area contributed by atoms with Crippen LogP contribution in [0.15, 0.2) is 65.0 Å². The molecule has 0 aliphatic rings. The summed E-state index contributed by atoms with van der Waals surface area (Å²) in [6, 6.07) is 16.3. The van der Waals surface area contributed by atoms with Crippen molar-refractivity contribution < 1.29 is 14.0 Å². The van der Waals surface area contributed by atoms with Gasteiger partial charge in [0.2, 0.25) is 5.91 Å². The Morgan fingerprint density at radius 2 is 1.82 bits per heavy atom. The van der Waals surface area contributed by atoms with Crippen LogP contribution >= 0.6 is 34.7 Å². The minimum absolute atomic E-state index is 0.0979. The van der Waals surface area contributed by atoms with Gasteiger partial charge in [0, 0.05) is 16.4 Å². The summed E-state index contributed by atoms with van der Waals surface area (Å²) in [7, 11) is 0. The van der Waals surface area contributed by atoms with Crippen LogP contribution in [0, 0.1) is 12.7 Å². The molecule has 0 saturated heterocycles. The lowest BCUT2D eigenvalue weighted by molar-refractivity contribution is -0.113. The quantitative estimate of drug-likeness (QED) is 0.255. The van der Waals surface area contributed by atoms with E-state index in [4.69, 9.17) is 11.6 Å². The van der Waals surface area contributed by atoms with Crippen LogP contribution in [0.4, 0.5) is 26.2 Å². The average Bonchev–Trinajstić information content (AvgIpc) is 3.19. The van der Waals surface area contributed by atoms with E-state index in [1.807, 2.05) is 13.0 Å². The molecule has 4 aromatic rings. The van der Waals surface area contributed by atoms with Gasteiger partial charge in [-0.3, -0.25) is 4.79 Å². The van der Waals surface area contributed by atoms with E-state index in [1.165, 1.54) is 35.2 Å². The first-order chi connectivity index (χ1) is 15.9. The molecule has 3 amide bonds. The molecule has 0 saturated carbocycles. The number of anilines is 3. The third-order valence-electron chi connectivity index (χ3n) is 4.62. The van der Waals surface area contributed by atoms with Crippen LogP contribution in [0.2, 0.25) is 5.02 Å². The Kier molecular flexibility index (Phi) is 7.12. The van der Waals surface area contributed by atoms with Crippen LogP contribution in [0.5, 0.6) is 0 Å². The monoisotopic (exact) mass is 500 g/mol. The van der Waals surface area contributed by atoms with E-state index in [0.29, 0.717) is 20.7 Å². The van der Waals surface area contributed by atoms with Gasteiger partial charge in [0.15, 0.2) is 4.34 Å². The molecule has 0 bridgehead atoms. The number of fused-ring (bicyclic) bond motifs is 1. The molecule has 0 spiro atoms. The molecule has 0 atom stereocenters. The lowest BCUT2D eigenvalue weighted by Crippen LogP contribution is -2.19. The van der Waals surface area contributed by atoms with Crippen LogP contribution in [0.3, 0.4) is 0 Å². The lowest BCUT2D eigenvalue weighted by Gasteiger charge is -2.10. The van der Waals surface area contributed by atoms with E-state index in [-0.39, 0.29) is 23.4 Å². The van der Waals surface area contributed by atoms with Crippen LogP contribution in [0.1, 0.15) is 5.56 Å². The fourth-order valence-electron chi connectivity index (χ4n) is 2.95. The number of halogens is 2. The summed E-state index contributed by atoms with van der Waals surface area (Å²) in [6.45, 7) is 1.83. The maximum Gasteiger partial charge on any atom is 0.323 e. The molecule has 3 N–H and O–H groups in total. The molecular formula is C23H18ClFN4O2S2.